The number of rotatable bonds is 8. The summed E-state index contributed by atoms with van der Waals surface area (Å²) in [4.78, 5) is 25.6. The molecule has 7 heteroatoms. The fourth-order valence-electron chi connectivity index (χ4n) is 3.02. The summed E-state index contributed by atoms with van der Waals surface area (Å²) < 4.78 is 17.0. The number of ether oxygens (including phenoxy) is 3. The molecule has 0 aromatic heterocycles. The van der Waals surface area contributed by atoms with Crippen molar-refractivity contribution in [1.29, 1.82) is 0 Å². The number of benzene rings is 1. The van der Waals surface area contributed by atoms with Gasteiger partial charge in [-0.1, -0.05) is 0 Å². The smallest absolute Gasteiger partial charge is 0.306 e. The summed E-state index contributed by atoms with van der Waals surface area (Å²) in [6, 6.07) is 3.34. The van der Waals surface area contributed by atoms with Crippen LogP contribution in [0.5, 0.6) is 17.2 Å². The lowest BCUT2D eigenvalue weighted by Gasteiger charge is -2.30. The standard InChI is InChI=1S/C19H27NO6/c1-4-24-15-11-14(12-16(25-5-2)17(15)26-6-3)18(21)20-9-7-13(8-10-20)19(22)23/h11-13H,4-10H2,1-3H3,(H,22,23). The maximum absolute atomic E-state index is 12.9. The number of likely N-dealkylation sites (tertiary alicyclic amines) is 1. The Morgan fingerprint density at radius 2 is 1.50 bits per heavy atom. The largest absolute Gasteiger partial charge is 0.490 e. The van der Waals surface area contributed by atoms with Gasteiger partial charge in [0.05, 0.1) is 25.7 Å². The Morgan fingerprint density at radius 1 is 1.00 bits per heavy atom. The SMILES string of the molecule is CCOc1cc(C(=O)N2CCC(C(=O)O)CC2)cc(OCC)c1OCC. The van der Waals surface area contributed by atoms with Crippen molar-refractivity contribution in [3.05, 3.63) is 17.7 Å². The first-order valence-electron chi connectivity index (χ1n) is 9.10. The molecule has 1 saturated heterocycles. The summed E-state index contributed by atoms with van der Waals surface area (Å²) >= 11 is 0. The van der Waals surface area contributed by atoms with Gasteiger partial charge in [-0.15, -0.1) is 0 Å². The van der Waals surface area contributed by atoms with Gasteiger partial charge in [0.25, 0.3) is 5.91 Å². The van der Waals surface area contributed by atoms with Crippen molar-refractivity contribution in [3.8, 4) is 17.2 Å². The fraction of sp³-hybridized carbons (Fsp3) is 0.579. The molecule has 1 N–H and O–H groups in total. The molecule has 0 radical (unpaired) electrons. The van der Waals surface area contributed by atoms with Gasteiger partial charge in [-0.2, -0.15) is 0 Å². The highest BCUT2D eigenvalue weighted by molar-refractivity contribution is 5.95. The van der Waals surface area contributed by atoms with E-state index in [9.17, 15) is 9.59 Å². The molecule has 0 unspecified atom stereocenters. The third kappa shape index (κ3) is 4.59. The number of carbonyl (C=O) groups is 2. The minimum absolute atomic E-state index is 0.154. The zero-order chi connectivity index (χ0) is 19.1. The second kappa shape index (κ2) is 9.31. The van der Waals surface area contributed by atoms with E-state index in [1.807, 2.05) is 20.8 Å². The van der Waals surface area contributed by atoms with Crippen LogP contribution in [0.3, 0.4) is 0 Å². The first-order valence-corrected chi connectivity index (χ1v) is 9.10. The topological polar surface area (TPSA) is 85.3 Å². The van der Waals surface area contributed by atoms with Gasteiger partial charge in [0.2, 0.25) is 5.75 Å². The van der Waals surface area contributed by atoms with Gasteiger partial charge < -0.3 is 24.2 Å². The highest BCUT2D eigenvalue weighted by atomic mass is 16.5. The van der Waals surface area contributed by atoms with Gasteiger partial charge >= 0.3 is 5.97 Å². The van der Waals surface area contributed by atoms with Crippen molar-refractivity contribution in [2.75, 3.05) is 32.9 Å². The number of nitrogens with zero attached hydrogens (tertiary/aromatic N) is 1. The van der Waals surface area contributed by atoms with E-state index in [2.05, 4.69) is 0 Å². The molecule has 1 aromatic rings. The van der Waals surface area contributed by atoms with E-state index in [1.165, 1.54) is 0 Å². The van der Waals surface area contributed by atoms with Crippen molar-refractivity contribution in [3.63, 3.8) is 0 Å². The van der Waals surface area contributed by atoms with Crippen LogP contribution in [-0.2, 0) is 4.79 Å². The predicted octanol–water partition coefficient (Wildman–Crippen LogP) is 2.82. The van der Waals surface area contributed by atoms with Crippen LogP contribution < -0.4 is 14.2 Å². The van der Waals surface area contributed by atoms with E-state index < -0.39 is 5.97 Å². The first-order chi connectivity index (χ1) is 12.5. The summed E-state index contributed by atoms with van der Waals surface area (Å²) in [6.07, 6.45) is 0.934. The molecule has 144 valence electrons. The Balaban J connectivity index is 2.27. The zero-order valence-corrected chi connectivity index (χ0v) is 15.6. The van der Waals surface area contributed by atoms with Crippen molar-refractivity contribution in [2.24, 2.45) is 5.92 Å². The van der Waals surface area contributed by atoms with Crippen molar-refractivity contribution >= 4 is 11.9 Å². The fourth-order valence-corrected chi connectivity index (χ4v) is 3.02. The summed E-state index contributed by atoms with van der Waals surface area (Å²) in [6.45, 7) is 7.78. The molecule has 26 heavy (non-hydrogen) atoms. The number of amides is 1. The van der Waals surface area contributed by atoms with E-state index in [4.69, 9.17) is 19.3 Å². The first kappa shape index (κ1) is 19.9. The Kier molecular flexibility index (Phi) is 7.12. The molecule has 7 nitrogen and oxygen atoms in total. The number of hydrogen-bond donors (Lipinski definition) is 1. The number of carbonyl (C=O) groups excluding carboxylic acids is 1. The van der Waals surface area contributed by atoms with Crippen LogP contribution in [0.15, 0.2) is 12.1 Å². The van der Waals surface area contributed by atoms with Crippen LogP contribution in [0.25, 0.3) is 0 Å². The maximum Gasteiger partial charge on any atom is 0.306 e. The van der Waals surface area contributed by atoms with Crippen LogP contribution in [-0.4, -0.2) is 54.8 Å². The lowest BCUT2D eigenvalue weighted by atomic mass is 9.96. The van der Waals surface area contributed by atoms with Gasteiger partial charge in [0.15, 0.2) is 11.5 Å². The Labute approximate surface area is 153 Å². The van der Waals surface area contributed by atoms with Crippen molar-refractivity contribution in [1.82, 2.24) is 4.90 Å². The van der Waals surface area contributed by atoms with E-state index in [-0.39, 0.29) is 11.8 Å². The molecular formula is C19H27NO6. The Morgan fingerprint density at radius 3 is 1.92 bits per heavy atom. The molecule has 1 heterocycles. The molecule has 1 aliphatic rings. The van der Waals surface area contributed by atoms with Crippen LogP contribution in [0, 0.1) is 5.92 Å². The normalized spacial score (nSPS) is 14.8. The van der Waals surface area contributed by atoms with Gasteiger partial charge in [-0.3, -0.25) is 9.59 Å². The summed E-state index contributed by atoms with van der Waals surface area (Å²) in [5.41, 5.74) is 0.453. The Hall–Kier alpha value is -2.44. The van der Waals surface area contributed by atoms with Crippen LogP contribution in [0.2, 0.25) is 0 Å². The average Bonchev–Trinajstić information content (AvgIpc) is 2.64. The van der Waals surface area contributed by atoms with Crippen LogP contribution in [0.4, 0.5) is 0 Å². The summed E-state index contributed by atoms with van der Waals surface area (Å²) in [7, 11) is 0. The molecular weight excluding hydrogens is 338 g/mol. The number of carboxylic acids is 1. The molecule has 1 aromatic carbocycles. The predicted molar refractivity (Wildman–Crippen MR) is 96.2 cm³/mol. The highest BCUT2D eigenvalue weighted by Crippen LogP contribution is 2.39. The number of piperidine rings is 1. The molecule has 0 aliphatic carbocycles. The summed E-state index contributed by atoms with van der Waals surface area (Å²) in [5, 5.41) is 9.10. The van der Waals surface area contributed by atoms with Gasteiger partial charge in [-0.05, 0) is 45.7 Å². The molecule has 1 aliphatic heterocycles. The molecule has 1 amide bonds. The van der Waals surface area contributed by atoms with E-state index in [1.54, 1.807) is 17.0 Å². The molecule has 1 fully saturated rings. The van der Waals surface area contributed by atoms with E-state index in [0.717, 1.165) is 0 Å². The highest BCUT2D eigenvalue weighted by Gasteiger charge is 2.28. The quantitative estimate of drug-likeness (QED) is 0.762. The molecule has 0 spiro atoms. The molecule has 2 rings (SSSR count). The molecule has 0 saturated carbocycles. The molecule has 0 atom stereocenters. The summed E-state index contributed by atoms with van der Waals surface area (Å²) in [5.74, 6) is 0.122. The van der Waals surface area contributed by atoms with Crippen molar-refractivity contribution in [2.45, 2.75) is 33.6 Å². The van der Waals surface area contributed by atoms with Gasteiger partial charge in [-0.25, -0.2) is 0 Å². The minimum Gasteiger partial charge on any atom is -0.490 e. The lowest BCUT2D eigenvalue weighted by Crippen LogP contribution is -2.40. The van der Waals surface area contributed by atoms with E-state index >= 15 is 0 Å². The third-order valence-corrected chi connectivity index (χ3v) is 4.29. The monoisotopic (exact) mass is 365 g/mol. The van der Waals surface area contributed by atoms with Gasteiger partial charge in [0.1, 0.15) is 0 Å². The lowest BCUT2D eigenvalue weighted by molar-refractivity contribution is -0.143. The average molecular weight is 365 g/mol. The molecule has 0 bridgehead atoms. The number of hydrogen-bond acceptors (Lipinski definition) is 5. The maximum atomic E-state index is 12.9. The number of carboxylic acid groups (broad SMARTS) is 1. The minimum atomic E-state index is -0.796. The Bertz CT molecular complexity index is 610. The second-order valence-electron chi connectivity index (χ2n) is 6.01. The van der Waals surface area contributed by atoms with Crippen LogP contribution >= 0.6 is 0 Å². The zero-order valence-electron chi connectivity index (χ0n) is 15.6. The van der Waals surface area contributed by atoms with Gasteiger partial charge in [0, 0.05) is 18.7 Å². The van der Waals surface area contributed by atoms with Crippen molar-refractivity contribution < 1.29 is 28.9 Å². The third-order valence-electron chi connectivity index (χ3n) is 4.29. The number of aliphatic carboxylic acids is 1. The van der Waals surface area contributed by atoms with Crippen LogP contribution in [0.1, 0.15) is 44.0 Å². The second-order valence-corrected chi connectivity index (χ2v) is 6.01. The van der Waals surface area contributed by atoms with E-state index in [0.29, 0.717) is 68.6 Å².